The van der Waals surface area contributed by atoms with Crippen LogP contribution in [-0.2, 0) is 6.54 Å². The summed E-state index contributed by atoms with van der Waals surface area (Å²) in [6, 6.07) is 16.1. The minimum atomic E-state index is 0.667. The van der Waals surface area contributed by atoms with E-state index < -0.39 is 0 Å². The van der Waals surface area contributed by atoms with E-state index in [4.69, 9.17) is 23.2 Å². The fourth-order valence-electron chi connectivity index (χ4n) is 2.14. The number of rotatable bonds is 2. The standard InChI is InChI=1S/C15H11Cl2N/c16-12-8-14(17)13-6-7-18(15(13)9-12)10-11-4-2-1-3-5-11/h1-9H,10H2. The van der Waals surface area contributed by atoms with E-state index in [1.54, 1.807) is 6.07 Å². The van der Waals surface area contributed by atoms with Crippen LogP contribution in [0.5, 0.6) is 0 Å². The van der Waals surface area contributed by atoms with Crippen molar-refractivity contribution >= 4 is 34.1 Å². The van der Waals surface area contributed by atoms with Gasteiger partial charge in [0.15, 0.2) is 0 Å². The summed E-state index contributed by atoms with van der Waals surface area (Å²) in [6.07, 6.45) is 2.04. The molecule has 0 N–H and O–H groups in total. The minimum Gasteiger partial charge on any atom is -0.343 e. The second-order valence-electron chi connectivity index (χ2n) is 4.25. The number of aromatic nitrogens is 1. The molecule has 0 bridgehead atoms. The number of hydrogen-bond donors (Lipinski definition) is 0. The first-order chi connectivity index (χ1) is 8.74. The lowest BCUT2D eigenvalue weighted by atomic mass is 10.2. The molecule has 2 aromatic carbocycles. The summed E-state index contributed by atoms with van der Waals surface area (Å²) in [6.45, 7) is 0.820. The first-order valence-electron chi connectivity index (χ1n) is 5.72. The topological polar surface area (TPSA) is 4.93 Å². The van der Waals surface area contributed by atoms with Gasteiger partial charge in [0, 0.05) is 23.2 Å². The Morgan fingerprint density at radius 3 is 2.50 bits per heavy atom. The quantitative estimate of drug-likeness (QED) is 0.621. The van der Waals surface area contributed by atoms with Crippen LogP contribution in [0, 0.1) is 0 Å². The fourth-order valence-corrected chi connectivity index (χ4v) is 2.68. The van der Waals surface area contributed by atoms with Crippen molar-refractivity contribution in [2.24, 2.45) is 0 Å². The van der Waals surface area contributed by atoms with Crippen LogP contribution in [-0.4, -0.2) is 4.57 Å². The summed E-state index contributed by atoms with van der Waals surface area (Å²) >= 11 is 12.2. The molecule has 0 aliphatic carbocycles. The highest BCUT2D eigenvalue weighted by molar-refractivity contribution is 6.38. The molecule has 1 heterocycles. The maximum atomic E-state index is 6.18. The molecule has 0 atom stereocenters. The van der Waals surface area contributed by atoms with Crippen molar-refractivity contribution in [3.05, 3.63) is 70.3 Å². The average Bonchev–Trinajstić information content (AvgIpc) is 2.74. The molecule has 0 unspecified atom stereocenters. The SMILES string of the molecule is Clc1cc(Cl)c2ccn(Cc3ccccc3)c2c1. The Balaban J connectivity index is 2.08. The van der Waals surface area contributed by atoms with Crippen LogP contribution in [0.3, 0.4) is 0 Å². The Bertz CT molecular complexity index is 686. The Labute approximate surface area is 116 Å². The number of nitrogens with zero attached hydrogens (tertiary/aromatic N) is 1. The number of hydrogen-bond acceptors (Lipinski definition) is 0. The average molecular weight is 276 g/mol. The predicted molar refractivity (Wildman–Crippen MR) is 77.5 cm³/mol. The zero-order chi connectivity index (χ0) is 12.5. The van der Waals surface area contributed by atoms with E-state index in [0.29, 0.717) is 10.0 Å². The molecule has 0 radical (unpaired) electrons. The highest BCUT2D eigenvalue weighted by Crippen LogP contribution is 2.29. The highest BCUT2D eigenvalue weighted by Gasteiger charge is 2.06. The Kier molecular flexibility index (Phi) is 3.02. The van der Waals surface area contributed by atoms with Gasteiger partial charge in [-0.25, -0.2) is 0 Å². The third-order valence-electron chi connectivity index (χ3n) is 3.00. The van der Waals surface area contributed by atoms with Crippen LogP contribution < -0.4 is 0 Å². The van der Waals surface area contributed by atoms with Crippen LogP contribution >= 0.6 is 23.2 Å². The van der Waals surface area contributed by atoms with Crippen molar-refractivity contribution in [3.63, 3.8) is 0 Å². The number of halogens is 2. The van der Waals surface area contributed by atoms with E-state index in [9.17, 15) is 0 Å². The molecule has 18 heavy (non-hydrogen) atoms. The van der Waals surface area contributed by atoms with Gasteiger partial charge in [0.05, 0.1) is 10.5 Å². The summed E-state index contributed by atoms with van der Waals surface area (Å²) in [5.41, 5.74) is 2.32. The molecule has 0 saturated heterocycles. The third kappa shape index (κ3) is 2.12. The molecule has 0 aliphatic heterocycles. The van der Waals surface area contributed by atoms with Gasteiger partial charge in [-0.2, -0.15) is 0 Å². The zero-order valence-electron chi connectivity index (χ0n) is 9.61. The van der Waals surface area contributed by atoms with Gasteiger partial charge in [0.2, 0.25) is 0 Å². The normalized spacial score (nSPS) is 11.0. The number of benzene rings is 2. The molecule has 3 aromatic rings. The van der Waals surface area contributed by atoms with E-state index >= 15 is 0 Å². The summed E-state index contributed by atoms with van der Waals surface area (Å²) < 4.78 is 2.16. The van der Waals surface area contributed by atoms with Gasteiger partial charge in [-0.1, -0.05) is 53.5 Å². The first-order valence-corrected chi connectivity index (χ1v) is 6.47. The lowest BCUT2D eigenvalue weighted by molar-refractivity contribution is 0.837. The van der Waals surface area contributed by atoms with Gasteiger partial charge in [-0.3, -0.25) is 0 Å². The lowest BCUT2D eigenvalue weighted by Gasteiger charge is -2.06. The van der Waals surface area contributed by atoms with Crippen LogP contribution in [0.4, 0.5) is 0 Å². The molecule has 1 nitrogen and oxygen atoms in total. The van der Waals surface area contributed by atoms with E-state index in [-0.39, 0.29) is 0 Å². The fraction of sp³-hybridized carbons (Fsp3) is 0.0667. The van der Waals surface area contributed by atoms with E-state index in [0.717, 1.165) is 17.4 Å². The summed E-state index contributed by atoms with van der Waals surface area (Å²) in [5, 5.41) is 2.40. The molecule has 3 rings (SSSR count). The van der Waals surface area contributed by atoms with Crippen molar-refractivity contribution in [3.8, 4) is 0 Å². The van der Waals surface area contributed by atoms with Gasteiger partial charge >= 0.3 is 0 Å². The summed E-state index contributed by atoms with van der Waals surface area (Å²) in [5.74, 6) is 0. The highest BCUT2D eigenvalue weighted by atomic mass is 35.5. The zero-order valence-corrected chi connectivity index (χ0v) is 11.1. The smallest absolute Gasteiger partial charge is 0.0514 e. The van der Waals surface area contributed by atoms with Gasteiger partial charge in [0.1, 0.15) is 0 Å². The molecular formula is C15H11Cl2N. The molecule has 0 saturated carbocycles. The van der Waals surface area contributed by atoms with E-state index in [1.165, 1.54) is 5.56 Å². The minimum absolute atomic E-state index is 0.667. The molecule has 1 aromatic heterocycles. The third-order valence-corrected chi connectivity index (χ3v) is 3.53. The van der Waals surface area contributed by atoms with Gasteiger partial charge in [0.25, 0.3) is 0 Å². The Morgan fingerprint density at radius 1 is 0.944 bits per heavy atom. The molecule has 0 amide bonds. The maximum absolute atomic E-state index is 6.18. The van der Waals surface area contributed by atoms with Crippen molar-refractivity contribution in [1.29, 1.82) is 0 Å². The second-order valence-corrected chi connectivity index (χ2v) is 5.09. The molecule has 90 valence electrons. The van der Waals surface area contributed by atoms with Crippen LogP contribution in [0.2, 0.25) is 10.0 Å². The molecular weight excluding hydrogens is 265 g/mol. The predicted octanol–water partition coefficient (Wildman–Crippen LogP) is 5.00. The van der Waals surface area contributed by atoms with Crippen LogP contribution in [0.25, 0.3) is 10.9 Å². The van der Waals surface area contributed by atoms with E-state index in [2.05, 4.69) is 16.7 Å². The Hall–Kier alpha value is -1.44. The Morgan fingerprint density at radius 2 is 1.72 bits per heavy atom. The van der Waals surface area contributed by atoms with Gasteiger partial charge < -0.3 is 4.57 Å². The monoisotopic (exact) mass is 275 g/mol. The second kappa shape index (κ2) is 4.68. The van der Waals surface area contributed by atoms with Crippen molar-refractivity contribution in [2.75, 3.05) is 0 Å². The molecule has 3 heteroatoms. The van der Waals surface area contributed by atoms with Gasteiger partial charge in [-0.15, -0.1) is 0 Å². The lowest BCUT2D eigenvalue weighted by Crippen LogP contribution is -1.97. The molecule has 0 fully saturated rings. The van der Waals surface area contributed by atoms with Crippen LogP contribution in [0.1, 0.15) is 5.56 Å². The van der Waals surface area contributed by atoms with Gasteiger partial charge in [-0.05, 0) is 23.8 Å². The van der Waals surface area contributed by atoms with E-state index in [1.807, 2.05) is 36.5 Å². The number of fused-ring (bicyclic) bond motifs is 1. The van der Waals surface area contributed by atoms with Crippen LogP contribution in [0.15, 0.2) is 54.7 Å². The maximum Gasteiger partial charge on any atom is 0.0514 e. The molecule has 0 aliphatic rings. The first kappa shape index (κ1) is 11.6. The largest absolute Gasteiger partial charge is 0.343 e. The molecule has 0 spiro atoms. The van der Waals surface area contributed by atoms with Crippen molar-refractivity contribution in [1.82, 2.24) is 4.57 Å². The summed E-state index contributed by atoms with van der Waals surface area (Å²) in [4.78, 5) is 0. The summed E-state index contributed by atoms with van der Waals surface area (Å²) in [7, 11) is 0. The van der Waals surface area contributed by atoms with Crippen molar-refractivity contribution < 1.29 is 0 Å². The van der Waals surface area contributed by atoms with Crippen molar-refractivity contribution in [2.45, 2.75) is 6.54 Å².